The molecule has 2 atom stereocenters. The summed E-state index contributed by atoms with van der Waals surface area (Å²) in [6.45, 7) is 3.55. The van der Waals surface area contributed by atoms with Gasteiger partial charge in [0.05, 0.1) is 12.6 Å². The minimum atomic E-state index is -0.638. The Bertz CT molecular complexity index is 890. The molecule has 1 aromatic heterocycles. The maximum absolute atomic E-state index is 13.8. The first-order valence-corrected chi connectivity index (χ1v) is 8.40. The second kappa shape index (κ2) is 7.66. The molecule has 26 heavy (non-hydrogen) atoms. The summed E-state index contributed by atoms with van der Waals surface area (Å²) >= 11 is 0. The molecule has 0 radical (unpaired) electrons. The lowest BCUT2D eigenvalue weighted by molar-refractivity contribution is -0.121. The van der Waals surface area contributed by atoms with Gasteiger partial charge in [0.15, 0.2) is 0 Å². The lowest BCUT2D eigenvalue weighted by atomic mass is 10.1. The Balaban J connectivity index is 1.56. The highest BCUT2D eigenvalue weighted by molar-refractivity contribution is 5.80. The number of para-hydroxylation sites is 1. The van der Waals surface area contributed by atoms with Gasteiger partial charge in [0, 0.05) is 23.1 Å². The second-order valence-electron chi connectivity index (χ2n) is 6.24. The van der Waals surface area contributed by atoms with Crippen molar-refractivity contribution in [3.63, 3.8) is 0 Å². The minimum Gasteiger partial charge on any atom is -0.459 e. The summed E-state index contributed by atoms with van der Waals surface area (Å²) in [5.74, 6) is -0.846. The van der Waals surface area contributed by atoms with Crippen molar-refractivity contribution in [2.75, 3.05) is 6.54 Å². The molecule has 0 aliphatic heterocycles. The molecule has 0 saturated carbocycles. The van der Waals surface area contributed by atoms with E-state index < -0.39 is 17.7 Å². The van der Waals surface area contributed by atoms with Crippen LogP contribution in [0.1, 0.15) is 37.3 Å². The smallest absolute Gasteiger partial charge is 0.234 e. The summed E-state index contributed by atoms with van der Waals surface area (Å²) in [5.41, 5.74) is 1.08. The van der Waals surface area contributed by atoms with Gasteiger partial charge >= 0.3 is 0 Å². The number of halogens is 2. The fourth-order valence-electron chi connectivity index (χ4n) is 2.79. The first-order valence-electron chi connectivity index (χ1n) is 8.40. The predicted molar refractivity (Wildman–Crippen MR) is 95.5 cm³/mol. The van der Waals surface area contributed by atoms with E-state index in [1.807, 2.05) is 37.3 Å². The Morgan fingerprint density at radius 3 is 2.58 bits per heavy atom. The summed E-state index contributed by atoms with van der Waals surface area (Å²) in [6, 6.07) is 12.2. The summed E-state index contributed by atoms with van der Waals surface area (Å²) in [7, 11) is 0. The Morgan fingerprint density at radius 1 is 1.08 bits per heavy atom. The van der Waals surface area contributed by atoms with Gasteiger partial charge in [-0.3, -0.25) is 4.79 Å². The largest absolute Gasteiger partial charge is 0.459 e. The van der Waals surface area contributed by atoms with Crippen LogP contribution in [0.2, 0.25) is 0 Å². The number of carbonyl (C=O) groups excluding carboxylic acids is 1. The van der Waals surface area contributed by atoms with Crippen molar-refractivity contribution < 1.29 is 18.0 Å². The molecule has 0 unspecified atom stereocenters. The first kappa shape index (κ1) is 18.1. The van der Waals surface area contributed by atoms with Gasteiger partial charge in [-0.1, -0.05) is 24.3 Å². The van der Waals surface area contributed by atoms with Crippen LogP contribution in [-0.2, 0) is 4.79 Å². The highest BCUT2D eigenvalue weighted by Crippen LogP contribution is 2.23. The third-order valence-electron chi connectivity index (χ3n) is 4.25. The molecule has 3 aromatic rings. The van der Waals surface area contributed by atoms with E-state index in [0.29, 0.717) is 11.3 Å². The number of rotatable bonds is 6. The van der Waals surface area contributed by atoms with Crippen molar-refractivity contribution in [1.29, 1.82) is 0 Å². The Morgan fingerprint density at radius 2 is 1.85 bits per heavy atom. The summed E-state index contributed by atoms with van der Waals surface area (Å²) in [5, 5.41) is 6.75. The van der Waals surface area contributed by atoms with Crippen LogP contribution in [-0.4, -0.2) is 12.5 Å². The molecule has 2 aromatic carbocycles. The fraction of sp³-hybridized carbons (Fsp3) is 0.250. The highest BCUT2D eigenvalue weighted by atomic mass is 19.1. The number of fused-ring (bicyclic) bond motifs is 1. The minimum absolute atomic E-state index is 0.00253. The predicted octanol–water partition coefficient (Wildman–Crippen LogP) is 4.24. The molecule has 0 spiro atoms. The number of carbonyl (C=O) groups is 1. The van der Waals surface area contributed by atoms with Crippen LogP contribution in [0.3, 0.4) is 0 Å². The van der Waals surface area contributed by atoms with Crippen LogP contribution in [0.15, 0.2) is 52.9 Å². The molecule has 3 rings (SSSR count). The van der Waals surface area contributed by atoms with Gasteiger partial charge in [0.2, 0.25) is 5.91 Å². The summed E-state index contributed by atoms with van der Waals surface area (Å²) in [4.78, 5) is 12.1. The van der Waals surface area contributed by atoms with Gasteiger partial charge in [0.25, 0.3) is 0 Å². The zero-order valence-corrected chi connectivity index (χ0v) is 14.6. The Kier molecular flexibility index (Phi) is 5.32. The molecule has 0 saturated heterocycles. The maximum atomic E-state index is 13.8. The highest BCUT2D eigenvalue weighted by Gasteiger charge is 2.16. The molecular weight excluding hydrogens is 338 g/mol. The van der Waals surface area contributed by atoms with Crippen LogP contribution in [0.4, 0.5) is 8.78 Å². The van der Waals surface area contributed by atoms with Gasteiger partial charge in [0.1, 0.15) is 23.0 Å². The molecule has 0 bridgehead atoms. The Hall–Kier alpha value is -2.73. The molecule has 0 aliphatic rings. The van der Waals surface area contributed by atoms with Crippen LogP contribution in [0.5, 0.6) is 0 Å². The molecule has 1 heterocycles. The molecular formula is C20H20F2N2O2. The second-order valence-corrected chi connectivity index (χ2v) is 6.24. The molecule has 4 nitrogen and oxygen atoms in total. The van der Waals surface area contributed by atoms with E-state index >= 15 is 0 Å². The van der Waals surface area contributed by atoms with E-state index in [4.69, 9.17) is 4.42 Å². The van der Waals surface area contributed by atoms with Crippen LogP contribution >= 0.6 is 0 Å². The molecule has 6 heteroatoms. The molecule has 2 N–H and O–H groups in total. The van der Waals surface area contributed by atoms with Crippen LogP contribution in [0, 0.1) is 11.6 Å². The number of benzene rings is 2. The fourth-order valence-corrected chi connectivity index (χ4v) is 2.79. The topological polar surface area (TPSA) is 54.3 Å². The number of hydrogen-bond acceptors (Lipinski definition) is 3. The molecule has 0 fully saturated rings. The molecule has 1 amide bonds. The van der Waals surface area contributed by atoms with Crippen molar-refractivity contribution in [3.8, 4) is 0 Å². The van der Waals surface area contributed by atoms with Crippen LogP contribution in [0.25, 0.3) is 11.0 Å². The van der Waals surface area contributed by atoms with Crippen molar-refractivity contribution in [3.05, 3.63) is 71.5 Å². The molecule has 0 aliphatic carbocycles. The van der Waals surface area contributed by atoms with Crippen molar-refractivity contribution in [1.82, 2.24) is 10.6 Å². The van der Waals surface area contributed by atoms with Crippen molar-refractivity contribution >= 4 is 16.9 Å². The number of furan rings is 1. The van der Waals surface area contributed by atoms with E-state index in [0.717, 1.165) is 17.0 Å². The van der Waals surface area contributed by atoms with E-state index in [1.54, 1.807) is 6.92 Å². The third kappa shape index (κ3) is 4.08. The van der Waals surface area contributed by atoms with E-state index in [2.05, 4.69) is 10.6 Å². The summed E-state index contributed by atoms with van der Waals surface area (Å²) in [6.07, 6.45) is 0. The van der Waals surface area contributed by atoms with Gasteiger partial charge in [-0.05, 0) is 32.0 Å². The Labute approximate surface area is 150 Å². The normalized spacial score (nSPS) is 13.5. The van der Waals surface area contributed by atoms with Crippen LogP contribution < -0.4 is 10.6 Å². The van der Waals surface area contributed by atoms with Gasteiger partial charge in [-0.2, -0.15) is 0 Å². The molecule has 136 valence electrons. The monoisotopic (exact) mass is 358 g/mol. The quantitative estimate of drug-likeness (QED) is 0.693. The van der Waals surface area contributed by atoms with E-state index in [1.165, 1.54) is 12.1 Å². The number of amides is 1. The zero-order chi connectivity index (χ0) is 18.7. The van der Waals surface area contributed by atoms with Gasteiger partial charge in [-0.15, -0.1) is 0 Å². The summed E-state index contributed by atoms with van der Waals surface area (Å²) < 4.78 is 32.5. The standard InChI is InChI=1S/C20H20F2N2O2/c1-12(16-8-7-15(21)10-17(16)22)23-11-20(25)24-13(2)19-9-14-5-3-4-6-18(14)26-19/h3-10,12-13,23H,11H2,1-2H3,(H,24,25)/t12-,13-/m1/s1. The zero-order valence-electron chi connectivity index (χ0n) is 14.6. The average molecular weight is 358 g/mol. The lowest BCUT2D eigenvalue weighted by Crippen LogP contribution is -2.36. The van der Waals surface area contributed by atoms with E-state index in [-0.39, 0.29) is 18.5 Å². The van der Waals surface area contributed by atoms with Gasteiger partial charge < -0.3 is 15.1 Å². The van der Waals surface area contributed by atoms with Crippen molar-refractivity contribution in [2.45, 2.75) is 25.9 Å². The SMILES string of the molecule is C[C@@H](NC(=O)CN[C@H](C)c1ccc(F)cc1F)c1cc2ccccc2o1. The number of nitrogens with one attached hydrogen (secondary N) is 2. The van der Waals surface area contributed by atoms with E-state index in [9.17, 15) is 13.6 Å². The average Bonchev–Trinajstić information content (AvgIpc) is 3.04. The third-order valence-corrected chi connectivity index (χ3v) is 4.25. The van der Waals surface area contributed by atoms with Crippen molar-refractivity contribution in [2.24, 2.45) is 0 Å². The lowest BCUT2D eigenvalue weighted by Gasteiger charge is -2.16. The van der Waals surface area contributed by atoms with Gasteiger partial charge in [-0.25, -0.2) is 8.78 Å². The number of hydrogen-bond donors (Lipinski definition) is 2. The maximum Gasteiger partial charge on any atom is 0.234 e. The first-order chi connectivity index (χ1) is 12.4.